The molecule has 1 heterocycles. The molecule has 0 saturated carbocycles. The minimum absolute atomic E-state index is 0.0867. The first kappa shape index (κ1) is 22.6. The van der Waals surface area contributed by atoms with Gasteiger partial charge >= 0.3 is 10.1 Å². The summed E-state index contributed by atoms with van der Waals surface area (Å²) in [6.45, 7) is 0. The number of imide groups is 1. The van der Waals surface area contributed by atoms with Gasteiger partial charge in [0, 0.05) is 0 Å². The van der Waals surface area contributed by atoms with Crippen molar-refractivity contribution in [3.05, 3.63) is 89.1 Å². The van der Waals surface area contributed by atoms with Crippen molar-refractivity contribution < 1.29 is 31.3 Å². The van der Waals surface area contributed by atoms with Crippen LogP contribution in [0.2, 0.25) is 0 Å². The van der Waals surface area contributed by atoms with E-state index in [0.717, 1.165) is 40.9 Å². The number of methoxy groups -OCH3 is 1. The molecule has 33 heavy (non-hydrogen) atoms. The van der Waals surface area contributed by atoms with Crippen LogP contribution >= 0.6 is 11.8 Å². The van der Waals surface area contributed by atoms with Crippen molar-refractivity contribution in [1.82, 2.24) is 0 Å². The minimum atomic E-state index is -4.22. The minimum Gasteiger partial charge on any atom is -0.493 e. The maximum Gasteiger partial charge on any atom is 0.339 e. The highest BCUT2D eigenvalue weighted by atomic mass is 32.2. The van der Waals surface area contributed by atoms with Crippen LogP contribution in [0.15, 0.2) is 82.6 Å². The summed E-state index contributed by atoms with van der Waals surface area (Å²) in [5.74, 6) is -1.03. The number of hydrogen-bond acceptors (Lipinski definition) is 7. The normalized spacial score (nSPS) is 15.2. The Kier molecular flexibility index (Phi) is 6.21. The van der Waals surface area contributed by atoms with Crippen LogP contribution in [-0.4, -0.2) is 26.7 Å². The fraction of sp³-hybridized carbons (Fsp3) is 0.0435. The van der Waals surface area contributed by atoms with Gasteiger partial charge in [0.25, 0.3) is 11.1 Å². The fourth-order valence-corrected chi connectivity index (χ4v) is 4.81. The Bertz CT molecular complexity index is 1360. The van der Waals surface area contributed by atoms with E-state index in [2.05, 4.69) is 0 Å². The fourth-order valence-electron chi connectivity index (χ4n) is 3.03. The molecule has 0 spiro atoms. The van der Waals surface area contributed by atoms with Crippen LogP contribution in [0.4, 0.5) is 14.9 Å². The van der Waals surface area contributed by atoms with Crippen LogP contribution in [0, 0.1) is 5.82 Å². The van der Waals surface area contributed by atoms with Gasteiger partial charge in [0.1, 0.15) is 10.7 Å². The molecule has 10 heteroatoms. The highest BCUT2D eigenvalue weighted by Gasteiger charge is 2.36. The van der Waals surface area contributed by atoms with Crippen LogP contribution in [0.1, 0.15) is 5.56 Å². The number of carbonyl (C=O) groups excluding carboxylic acids is 2. The molecule has 0 radical (unpaired) electrons. The van der Waals surface area contributed by atoms with E-state index in [9.17, 15) is 22.4 Å². The second kappa shape index (κ2) is 9.08. The van der Waals surface area contributed by atoms with Crippen LogP contribution in [0.25, 0.3) is 6.08 Å². The van der Waals surface area contributed by atoms with E-state index in [0.29, 0.717) is 11.3 Å². The average Bonchev–Trinajstić information content (AvgIpc) is 3.08. The maximum absolute atomic E-state index is 13.1. The molecule has 0 aliphatic carbocycles. The molecule has 1 aliphatic heterocycles. The quantitative estimate of drug-likeness (QED) is 0.364. The van der Waals surface area contributed by atoms with Gasteiger partial charge in [-0.1, -0.05) is 24.3 Å². The summed E-state index contributed by atoms with van der Waals surface area (Å²) in [5.41, 5.74) is 0.965. The molecule has 2 amide bonds. The number of para-hydroxylation sites is 1. The van der Waals surface area contributed by atoms with Crippen molar-refractivity contribution in [1.29, 1.82) is 0 Å². The molecule has 0 N–H and O–H groups in total. The molecule has 0 atom stereocenters. The van der Waals surface area contributed by atoms with Crippen LogP contribution in [0.5, 0.6) is 11.5 Å². The molecule has 4 rings (SSSR count). The molecule has 0 aromatic heterocycles. The zero-order valence-electron chi connectivity index (χ0n) is 17.1. The summed E-state index contributed by atoms with van der Waals surface area (Å²) in [6, 6.07) is 17.1. The van der Waals surface area contributed by atoms with Gasteiger partial charge in [0.2, 0.25) is 0 Å². The predicted molar refractivity (Wildman–Crippen MR) is 122 cm³/mol. The topological polar surface area (TPSA) is 90.0 Å². The molecule has 1 saturated heterocycles. The number of hydrogen-bond donors (Lipinski definition) is 0. The number of carbonyl (C=O) groups is 2. The number of thioether (sulfide) groups is 1. The lowest BCUT2D eigenvalue weighted by atomic mass is 10.2. The van der Waals surface area contributed by atoms with Crippen molar-refractivity contribution in [2.24, 2.45) is 0 Å². The van der Waals surface area contributed by atoms with Crippen LogP contribution in [-0.2, 0) is 14.9 Å². The molecule has 168 valence electrons. The van der Waals surface area contributed by atoms with Gasteiger partial charge in [-0.05, 0) is 71.9 Å². The third kappa shape index (κ3) is 4.76. The number of benzene rings is 3. The van der Waals surface area contributed by atoms with E-state index < -0.39 is 27.1 Å². The highest BCUT2D eigenvalue weighted by molar-refractivity contribution is 8.19. The second-order valence-electron chi connectivity index (χ2n) is 6.75. The lowest BCUT2D eigenvalue weighted by Crippen LogP contribution is -2.27. The number of amides is 2. The molecular formula is C23H16FNO6S2. The van der Waals surface area contributed by atoms with Crippen molar-refractivity contribution >= 4 is 44.8 Å². The standard InChI is InChI=1S/C23H16FNO6S2/c1-30-20-13-15(7-12-19(20)31-33(28,29)18-10-8-16(24)9-11-18)14-21-22(26)25(23(27)32-21)17-5-3-2-4-6-17/h2-14H,1H3/b21-14+. The van der Waals surface area contributed by atoms with E-state index in [4.69, 9.17) is 8.92 Å². The maximum atomic E-state index is 13.1. The largest absolute Gasteiger partial charge is 0.493 e. The zero-order chi connectivity index (χ0) is 23.6. The molecule has 0 bridgehead atoms. The Balaban J connectivity index is 1.59. The van der Waals surface area contributed by atoms with E-state index in [1.54, 1.807) is 30.3 Å². The van der Waals surface area contributed by atoms with Gasteiger partial charge < -0.3 is 8.92 Å². The molecule has 1 aliphatic rings. The monoisotopic (exact) mass is 485 g/mol. The van der Waals surface area contributed by atoms with Crippen molar-refractivity contribution in [2.45, 2.75) is 4.90 Å². The molecule has 0 unspecified atom stereocenters. The molecular weight excluding hydrogens is 469 g/mol. The smallest absolute Gasteiger partial charge is 0.339 e. The first-order valence-corrected chi connectivity index (χ1v) is 11.7. The van der Waals surface area contributed by atoms with Crippen LogP contribution < -0.4 is 13.8 Å². The van der Waals surface area contributed by atoms with Gasteiger partial charge in [-0.15, -0.1) is 0 Å². The van der Waals surface area contributed by atoms with E-state index in [-0.39, 0.29) is 21.3 Å². The molecule has 1 fully saturated rings. The third-order valence-electron chi connectivity index (χ3n) is 4.60. The van der Waals surface area contributed by atoms with Crippen LogP contribution in [0.3, 0.4) is 0 Å². The van der Waals surface area contributed by atoms with Crippen molar-refractivity contribution in [3.8, 4) is 11.5 Å². The van der Waals surface area contributed by atoms with Crippen molar-refractivity contribution in [3.63, 3.8) is 0 Å². The number of halogens is 1. The Morgan fingerprint density at radius 3 is 2.30 bits per heavy atom. The third-order valence-corrected chi connectivity index (χ3v) is 6.71. The molecule has 3 aromatic carbocycles. The summed E-state index contributed by atoms with van der Waals surface area (Å²) in [7, 11) is -2.89. The number of ether oxygens (including phenoxy) is 1. The summed E-state index contributed by atoms with van der Waals surface area (Å²) < 4.78 is 48.5. The van der Waals surface area contributed by atoms with Gasteiger partial charge in [0.05, 0.1) is 17.7 Å². The summed E-state index contributed by atoms with van der Waals surface area (Å²) in [6.07, 6.45) is 1.51. The lowest BCUT2D eigenvalue weighted by molar-refractivity contribution is -0.113. The molecule has 3 aromatic rings. The number of anilines is 1. The molecule has 7 nitrogen and oxygen atoms in total. The summed E-state index contributed by atoms with van der Waals surface area (Å²) >= 11 is 0.798. The Labute approximate surface area is 193 Å². The first-order chi connectivity index (χ1) is 15.8. The van der Waals surface area contributed by atoms with Gasteiger partial charge in [-0.3, -0.25) is 9.59 Å². The second-order valence-corrected chi connectivity index (χ2v) is 9.29. The Morgan fingerprint density at radius 1 is 0.939 bits per heavy atom. The van der Waals surface area contributed by atoms with Crippen molar-refractivity contribution in [2.75, 3.05) is 12.0 Å². The number of rotatable bonds is 6. The lowest BCUT2D eigenvalue weighted by Gasteiger charge is -2.12. The average molecular weight is 486 g/mol. The summed E-state index contributed by atoms with van der Waals surface area (Å²) in [4.78, 5) is 26.2. The van der Waals surface area contributed by atoms with Gasteiger partial charge in [0.15, 0.2) is 11.5 Å². The zero-order valence-corrected chi connectivity index (χ0v) is 18.7. The highest BCUT2D eigenvalue weighted by Crippen LogP contribution is 2.37. The van der Waals surface area contributed by atoms with Gasteiger partial charge in [-0.25, -0.2) is 9.29 Å². The predicted octanol–water partition coefficient (Wildman–Crippen LogP) is 4.84. The van der Waals surface area contributed by atoms with E-state index >= 15 is 0 Å². The Hall–Kier alpha value is -3.63. The first-order valence-electron chi connectivity index (χ1n) is 9.49. The number of nitrogens with zero attached hydrogens (tertiary/aromatic N) is 1. The van der Waals surface area contributed by atoms with E-state index in [1.807, 2.05) is 0 Å². The van der Waals surface area contributed by atoms with Gasteiger partial charge in [-0.2, -0.15) is 8.42 Å². The Morgan fingerprint density at radius 2 is 1.64 bits per heavy atom. The summed E-state index contributed by atoms with van der Waals surface area (Å²) in [5, 5.41) is -0.422. The SMILES string of the molecule is COc1cc(/C=C2/SC(=O)N(c3ccccc3)C2=O)ccc1OS(=O)(=O)c1ccc(F)cc1. The van der Waals surface area contributed by atoms with E-state index in [1.165, 1.54) is 31.4 Å².